The molecule has 5 atom stereocenters. The van der Waals surface area contributed by atoms with Crippen LogP contribution in [0.1, 0.15) is 40.5 Å². The lowest BCUT2D eigenvalue weighted by molar-refractivity contribution is -0.132. The van der Waals surface area contributed by atoms with E-state index in [1.807, 2.05) is 0 Å². The normalized spacial score (nSPS) is 40.3. The van der Waals surface area contributed by atoms with Gasteiger partial charge in [0, 0.05) is 6.54 Å². The van der Waals surface area contributed by atoms with Crippen molar-refractivity contribution < 1.29 is 4.79 Å². The van der Waals surface area contributed by atoms with Gasteiger partial charge in [-0.05, 0) is 48.9 Å². The van der Waals surface area contributed by atoms with Crippen LogP contribution in [0, 0.1) is 29.1 Å². The van der Waals surface area contributed by atoms with Gasteiger partial charge in [0.1, 0.15) is 0 Å². The van der Waals surface area contributed by atoms with Crippen molar-refractivity contribution in [1.82, 2.24) is 5.32 Å². The third kappa shape index (κ3) is 2.10. The van der Waals surface area contributed by atoms with Crippen LogP contribution in [0.25, 0.3) is 0 Å². The molecule has 2 bridgehead atoms. The Bertz CT molecular complexity index is 311. The molecule has 3 aliphatic carbocycles. The molecule has 0 spiro atoms. The van der Waals surface area contributed by atoms with E-state index in [2.05, 4.69) is 26.1 Å². The van der Waals surface area contributed by atoms with E-state index in [0.29, 0.717) is 11.3 Å². The van der Waals surface area contributed by atoms with Crippen LogP contribution in [-0.4, -0.2) is 18.5 Å². The van der Waals surface area contributed by atoms with E-state index < -0.39 is 0 Å². The molecule has 3 saturated carbocycles. The average molecular weight is 238 g/mol. The Labute approximate surface area is 105 Å². The van der Waals surface area contributed by atoms with Crippen molar-refractivity contribution in [1.29, 1.82) is 0 Å². The van der Waals surface area contributed by atoms with Gasteiger partial charge in [-0.25, -0.2) is 0 Å². The molecular weight excluding hydrogens is 212 g/mol. The van der Waals surface area contributed by atoms with Gasteiger partial charge in [0.05, 0.1) is 6.04 Å². The first-order chi connectivity index (χ1) is 7.84. The van der Waals surface area contributed by atoms with Crippen LogP contribution >= 0.6 is 0 Å². The van der Waals surface area contributed by atoms with Crippen molar-refractivity contribution in [2.75, 3.05) is 6.54 Å². The Morgan fingerprint density at radius 3 is 2.59 bits per heavy atom. The van der Waals surface area contributed by atoms with Crippen molar-refractivity contribution >= 4 is 5.91 Å². The average Bonchev–Trinajstić information content (AvgIpc) is 2.26. The van der Waals surface area contributed by atoms with Gasteiger partial charge >= 0.3 is 0 Å². The van der Waals surface area contributed by atoms with Gasteiger partial charge in [-0.3, -0.25) is 4.79 Å². The summed E-state index contributed by atoms with van der Waals surface area (Å²) in [7, 11) is 0. The van der Waals surface area contributed by atoms with Gasteiger partial charge in [0.2, 0.25) is 5.91 Å². The third-order valence-corrected chi connectivity index (χ3v) is 5.46. The Hall–Kier alpha value is -0.570. The molecule has 17 heavy (non-hydrogen) atoms. The first kappa shape index (κ1) is 12.9. The Kier molecular flexibility index (Phi) is 3.23. The molecule has 0 radical (unpaired) electrons. The highest BCUT2D eigenvalue weighted by Gasteiger charge is 2.55. The molecule has 0 heterocycles. The number of hydrogen-bond acceptors (Lipinski definition) is 2. The lowest BCUT2D eigenvalue weighted by Gasteiger charge is -2.62. The first-order valence-electron chi connectivity index (χ1n) is 6.87. The number of nitrogens with two attached hydrogens (primary N) is 1. The molecule has 5 unspecified atom stereocenters. The van der Waals surface area contributed by atoms with Crippen LogP contribution in [0.4, 0.5) is 0 Å². The summed E-state index contributed by atoms with van der Waals surface area (Å²) < 4.78 is 0. The molecular formula is C14H26N2O. The van der Waals surface area contributed by atoms with Crippen LogP contribution in [0.5, 0.6) is 0 Å². The molecule has 3 nitrogen and oxygen atoms in total. The minimum atomic E-state index is -0.389. The van der Waals surface area contributed by atoms with Crippen LogP contribution in [0.2, 0.25) is 0 Å². The van der Waals surface area contributed by atoms with Gasteiger partial charge in [-0.2, -0.15) is 0 Å². The SMILES string of the molecule is CC(N)C(=O)NCC1CC2CC(C1C)C2(C)C. The van der Waals surface area contributed by atoms with E-state index in [-0.39, 0.29) is 11.9 Å². The Morgan fingerprint density at radius 2 is 2.12 bits per heavy atom. The number of amides is 1. The molecule has 98 valence electrons. The lowest BCUT2D eigenvalue weighted by Crippen LogP contribution is -2.57. The molecule has 0 aromatic heterocycles. The highest BCUT2D eigenvalue weighted by atomic mass is 16.2. The van der Waals surface area contributed by atoms with Gasteiger partial charge in [-0.15, -0.1) is 0 Å². The van der Waals surface area contributed by atoms with Crippen molar-refractivity contribution in [3.05, 3.63) is 0 Å². The molecule has 0 saturated heterocycles. The fourth-order valence-corrected chi connectivity index (χ4v) is 3.92. The van der Waals surface area contributed by atoms with Crippen molar-refractivity contribution in [2.45, 2.75) is 46.6 Å². The second-order valence-electron chi connectivity index (χ2n) is 6.75. The summed E-state index contributed by atoms with van der Waals surface area (Å²) >= 11 is 0. The predicted molar refractivity (Wildman–Crippen MR) is 69.3 cm³/mol. The maximum absolute atomic E-state index is 11.5. The monoisotopic (exact) mass is 238 g/mol. The maximum atomic E-state index is 11.5. The minimum absolute atomic E-state index is 0.0179. The van der Waals surface area contributed by atoms with E-state index >= 15 is 0 Å². The maximum Gasteiger partial charge on any atom is 0.236 e. The molecule has 3 heteroatoms. The quantitative estimate of drug-likeness (QED) is 0.787. The van der Waals surface area contributed by atoms with E-state index in [4.69, 9.17) is 5.73 Å². The van der Waals surface area contributed by atoms with E-state index in [1.165, 1.54) is 12.8 Å². The van der Waals surface area contributed by atoms with Crippen LogP contribution in [0.15, 0.2) is 0 Å². The smallest absolute Gasteiger partial charge is 0.236 e. The summed E-state index contributed by atoms with van der Waals surface area (Å²) in [5.41, 5.74) is 6.08. The zero-order chi connectivity index (χ0) is 12.8. The molecule has 0 aromatic rings. The van der Waals surface area contributed by atoms with Crippen molar-refractivity contribution in [3.8, 4) is 0 Å². The summed E-state index contributed by atoms with van der Waals surface area (Å²) in [5, 5.41) is 2.99. The Balaban J connectivity index is 1.87. The van der Waals surface area contributed by atoms with E-state index in [0.717, 1.165) is 24.3 Å². The second kappa shape index (κ2) is 4.27. The van der Waals surface area contributed by atoms with Gasteiger partial charge in [-0.1, -0.05) is 20.8 Å². The summed E-state index contributed by atoms with van der Waals surface area (Å²) in [4.78, 5) is 11.5. The molecule has 0 aliphatic heterocycles. The summed E-state index contributed by atoms with van der Waals surface area (Å²) in [6.07, 6.45) is 2.66. The van der Waals surface area contributed by atoms with Crippen LogP contribution in [-0.2, 0) is 4.79 Å². The standard InChI is InChI=1S/C14H26N2O/c1-8-10(7-16-13(17)9(2)15)5-11-6-12(8)14(11,3)4/h8-12H,5-7,15H2,1-4H3,(H,16,17). The zero-order valence-corrected chi connectivity index (χ0v) is 11.5. The van der Waals surface area contributed by atoms with Gasteiger partial charge in [0.15, 0.2) is 0 Å². The molecule has 0 aromatic carbocycles. The van der Waals surface area contributed by atoms with Crippen molar-refractivity contribution in [3.63, 3.8) is 0 Å². The number of fused-ring (bicyclic) bond motifs is 2. The zero-order valence-electron chi connectivity index (χ0n) is 11.5. The van der Waals surface area contributed by atoms with E-state index in [9.17, 15) is 4.79 Å². The highest BCUT2D eigenvalue weighted by molar-refractivity contribution is 5.80. The molecule has 3 rings (SSSR count). The van der Waals surface area contributed by atoms with Gasteiger partial charge in [0.25, 0.3) is 0 Å². The number of nitrogens with one attached hydrogen (secondary N) is 1. The lowest BCUT2D eigenvalue weighted by atomic mass is 9.43. The fourth-order valence-electron chi connectivity index (χ4n) is 3.92. The number of hydrogen-bond donors (Lipinski definition) is 2. The van der Waals surface area contributed by atoms with Crippen LogP contribution in [0.3, 0.4) is 0 Å². The molecule has 1 amide bonds. The number of carbonyl (C=O) groups excluding carboxylic acids is 1. The molecule has 3 aliphatic rings. The topological polar surface area (TPSA) is 55.1 Å². The van der Waals surface area contributed by atoms with Crippen molar-refractivity contribution in [2.24, 2.45) is 34.8 Å². The van der Waals surface area contributed by atoms with Crippen LogP contribution < -0.4 is 11.1 Å². The largest absolute Gasteiger partial charge is 0.354 e. The third-order valence-electron chi connectivity index (χ3n) is 5.46. The number of carbonyl (C=O) groups is 1. The summed E-state index contributed by atoms with van der Waals surface area (Å²) in [6, 6.07) is -0.389. The second-order valence-corrected chi connectivity index (χ2v) is 6.75. The Morgan fingerprint density at radius 1 is 1.47 bits per heavy atom. The fraction of sp³-hybridized carbons (Fsp3) is 0.929. The van der Waals surface area contributed by atoms with E-state index in [1.54, 1.807) is 6.92 Å². The first-order valence-corrected chi connectivity index (χ1v) is 6.87. The number of rotatable bonds is 3. The predicted octanol–water partition coefficient (Wildman–Crippen LogP) is 1.77. The summed E-state index contributed by atoms with van der Waals surface area (Å²) in [6.45, 7) is 9.70. The highest BCUT2D eigenvalue weighted by Crippen LogP contribution is 2.62. The molecule has 3 fully saturated rings. The molecule has 3 N–H and O–H groups in total. The summed E-state index contributed by atoms with van der Waals surface area (Å²) in [5.74, 6) is 3.06. The van der Waals surface area contributed by atoms with Gasteiger partial charge < -0.3 is 11.1 Å². The minimum Gasteiger partial charge on any atom is -0.354 e.